The van der Waals surface area contributed by atoms with Crippen molar-refractivity contribution in [2.45, 2.75) is 45.2 Å². The van der Waals surface area contributed by atoms with E-state index in [1.54, 1.807) is 13.8 Å². The van der Waals surface area contributed by atoms with Crippen LogP contribution in [-0.2, 0) is 23.9 Å². The summed E-state index contributed by atoms with van der Waals surface area (Å²) in [7, 11) is 0. The molecule has 0 amide bonds. The Morgan fingerprint density at radius 1 is 1.05 bits per heavy atom. The molecule has 2 bridgehead atoms. The molecule has 2 aliphatic rings. The van der Waals surface area contributed by atoms with Gasteiger partial charge in [-0.25, -0.2) is 0 Å². The molecule has 0 aromatic heterocycles. The second-order valence-electron chi connectivity index (χ2n) is 5.17. The van der Waals surface area contributed by atoms with Crippen molar-refractivity contribution in [1.29, 1.82) is 0 Å². The molecule has 2 aliphatic heterocycles. The first kappa shape index (κ1) is 15.0. The topological polar surface area (TPSA) is 81.7 Å². The average Bonchev–Trinajstić information content (AvgIpc) is 2.39. The van der Waals surface area contributed by atoms with E-state index in [0.717, 1.165) is 19.3 Å². The van der Waals surface area contributed by atoms with E-state index in [0.29, 0.717) is 0 Å². The predicted octanol–water partition coefficient (Wildman–Crippen LogP) is 0.438. The molecule has 4 atom stereocenters. The molecule has 2 saturated heterocycles. The molecule has 4 unspecified atom stereocenters. The third-order valence-electron chi connectivity index (χ3n) is 3.96. The summed E-state index contributed by atoms with van der Waals surface area (Å²) in [5.41, 5.74) is 0. The van der Waals surface area contributed by atoms with Gasteiger partial charge in [-0.15, -0.1) is 0 Å². The Morgan fingerprint density at radius 2 is 1.50 bits per heavy atom. The van der Waals surface area contributed by atoms with Gasteiger partial charge >= 0.3 is 11.9 Å². The molecule has 2 fully saturated rings. The third kappa shape index (κ3) is 2.70. The Labute approximate surface area is 118 Å². The molecule has 0 aliphatic carbocycles. The molecule has 0 spiro atoms. The van der Waals surface area contributed by atoms with Crippen LogP contribution in [0.1, 0.15) is 33.1 Å². The Kier molecular flexibility index (Phi) is 4.75. The van der Waals surface area contributed by atoms with Crippen molar-refractivity contribution in [2.75, 3.05) is 13.2 Å². The van der Waals surface area contributed by atoms with E-state index in [1.807, 2.05) is 0 Å². The van der Waals surface area contributed by atoms with Crippen molar-refractivity contribution >= 4 is 17.7 Å². The van der Waals surface area contributed by atoms with Gasteiger partial charge in [-0.2, -0.15) is 0 Å². The molecule has 0 aromatic carbocycles. The van der Waals surface area contributed by atoms with Crippen LogP contribution in [-0.4, -0.2) is 43.0 Å². The maximum atomic E-state index is 12.5. The van der Waals surface area contributed by atoms with E-state index in [1.165, 1.54) is 0 Å². The van der Waals surface area contributed by atoms with Crippen LogP contribution in [0.4, 0.5) is 0 Å². The summed E-state index contributed by atoms with van der Waals surface area (Å²) in [6.07, 6.45) is 2.39. The maximum Gasteiger partial charge on any atom is 0.318 e. The lowest BCUT2D eigenvalue weighted by Crippen LogP contribution is -2.63. The Balaban J connectivity index is 2.22. The van der Waals surface area contributed by atoms with Crippen molar-refractivity contribution in [3.05, 3.63) is 0 Å². The highest BCUT2D eigenvalue weighted by Crippen LogP contribution is 2.33. The smallest absolute Gasteiger partial charge is 0.318 e. The Morgan fingerprint density at radius 3 is 1.90 bits per heavy atom. The molecular weight excluding hydrogens is 262 g/mol. The number of esters is 2. The number of Topliss-reactive ketones (excluding diaryl/α,β-unsaturated/α-hetero) is 1. The van der Waals surface area contributed by atoms with Gasteiger partial charge in [-0.1, -0.05) is 6.42 Å². The van der Waals surface area contributed by atoms with Gasteiger partial charge in [0, 0.05) is 12.1 Å². The van der Waals surface area contributed by atoms with Crippen LogP contribution in [0.2, 0.25) is 0 Å². The number of ether oxygens (including phenoxy) is 2. The predicted molar refractivity (Wildman–Crippen MR) is 69.8 cm³/mol. The monoisotopic (exact) mass is 283 g/mol. The fraction of sp³-hybridized carbons (Fsp3) is 0.786. The van der Waals surface area contributed by atoms with Crippen LogP contribution in [0.5, 0.6) is 0 Å². The van der Waals surface area contributed by atoms with E-state index in [9.17, 15) is 14.4 Å². The number of ketones is 1. The van der Waals surface area contributed by atoms with Gasteiger partial charge in [-0.05, 0) is 26.7 Å². The molecule has 2 heterocycles. The molecule has 6 nitrogen and oxygen atoms in total. The van der Waals surface area contributed by atoms with Gasteiger partial charge in [0.25, 0.3) is 0 Å². The fourth-order valence-corrected chi connectivity index (χ4v) is 3.14. The maximum absolute atomic E-state index is 12.5. The van der Waals surface area contributed by atoms with Crippen LogP contribution in [0.15, 0.2) is 0 Å². The van der Waals surface area contributed by atoms with E-state index in [-0.39, 0.29) is 31.1 Å². The van der Waals surface area contributed by atoms with E-state index in [2.05, 4.69) is 5.32 Å². The van der Waals surface area contributed by atoms with Gasteiger partial charge in [-0.3, -0.25) is 14.4 Å². The molecule has 112 valence electrons. The minimum atomic E-state index is -0.888. The second kappa shape index (κ2) is 6.35. The van der Waals surface area contributed by atoms with E-state index >= 15 is 0 Å². The van der Waals surface area contributed by atoms with Crippen LogP contribution < -0.4 is 5.32 Å². The highest BCUT2D eigenvalue weighted by atomic mass is 16.5. The van der Waals surface area contributed by atoms with Gasteiger partial charge < -0.3 is 14.8 Å². The first-order valence-electron chi connectivity index (χ1n) is 7.23. The number of rotatable bonds is 4. The number of nitrogens with one attached hydrogen (secondary N) is 1. The minimum absolute atomic E-state index is 0.217. The Bertz CT molecular complexity index is 374. The van der Waals surface area contributed by atoms with Crippen molar-refractivity contribution < 1.29 is 23.9 Å². The largest absolute Gasteiger partial charge is 0.465 e. The third-order valence-corrected chi connectivity index (χ3v) is 3.96. The summed E-state index contributed by atoms with van der Waals surface area (Å²) in [6, 6.07) is -0.433. The Hall–Kier alpha value is -1.43. The number of hydrogen-bond acceptors (Lipinski definition) is 6. The van der Waals surface area contributed by atoms with Crippen molar-refractivity contribution in [3.63, 3.8) is 0 Å². The highest BCUT2D eigenvalue weighted by molar-refractivity contribution is 6.10. The van der Waals surface area contributed by atoms with Gasteiger partial charge in [0.2, 0.25) is 0 Å². The molecule has 0 saturated carbocycles. The minimum Gasteiger partial charge on any atom is -0.465 e. The van der Waals surface area contributed by atoms with Crippen molar-refractivity contribution in [2.24, 2.45) is 11.8 Å². The summed E-state index contributed by atoms with van der Waals surface area (Å²) < 4.78 is 9.96. The molecule has 1 N–H and O–H groups in total. The SMILES string of the molecule is CCOC(=O)C1C(=O)C(C(=O)OCC)C2CCCC1N2. The lowest BCUT2D eigenvalue weighted by Gasteiger charge is -2.42. The lowest BCUT2D eigenvalue weighted by atomic mass is 9.72. The second-order valence-corrected chi connectivity index (χ2v) is 5.17. The van der Waals surface area contributed by atoms with Crippen molar-refractivity contribution in [1.82, 2.24) is 5.32 Å². The standard InChI is InChI=1S/C14H21NO5/c1-3-19-13(17)10-8-6-5-7-9(15-8)11(12(10)16)14(18)20-4-2/h8-11,15H,3-7H2,1-2H3. The fourth-order valence-electron chi connectivity index (χ4n) is 3.14. The highest BCUT2D eigenvalue weighted by Gasteiger charge is 2.52. The van der Waals surface area contributed by atoms with Crippen molar-refractivity contribution in [3.8, 4) is 0 Å². The zero-order chi connectivity index (χ0) is 14.7. The normalized spacial score (nSPS) is 32.6. The van der Waals surface area contributed by atoms with Gasteiger partial charge in [0.15, 0.2) is 5.78 Å². The number of carbonyl (C=O) groups excluding carboxylic acids is 3. The first-order valence-corrected chi connectivity index (χ1v) is 7.23. The van der Waals surface area contributed by atoms with Crippen LogP contribution in [0.3, 0.4) is 0 Å². The number of hydrogen-bond donors (Lipinski definition) is 1. The first-order chi connectivity index (χ1) is 9.60. The zero-order valence-electron chi connectivity index (χ0n) is 11.9. The zero-order valence-corrected chi connectivity index (χ0v) is 11.9. The summed E-state index contributed by atoms with van der Waals surface area (Å²) in [6.45, 7) is 3.85. The molecule has 0 radical (unpaired) electrons. The summed E-state index contributed by atoms with van der Waals surface area (Å²) in [5.74, 6) is -3.20. The summed E-state index contributed by atoms with van der Waals surface area (Å²) >= 11 is 0. The van der Waals surface area contributed by atoms with E-state index < -0.39 is 23.8 Å². The van der Waals surface area contributed by atoms with Gasteiger partial charge in [0.05, 0.1) is 13.2 Å². The molecule has 2 rings (SSSR count). The van der Waals surface area contributed by atoms with Crippen LogP contribution in [0.25, 0.3) is 0 Å². The lowest BCUT2D eigenvalue weighted by molar-refractivity contribution is -0.163. The summed E-state index contributed by atoms with van der Waals surface area (Å²) in [4.78, 5) is 36.5. The molecule has 6 heteroatoms. The molecule has 0 aromatic rings. The number of piperidine rings is 2. The number of fused-ring (bicyclic) bond motifs is 2. The van der Waals surface area contributed by atoms with Crippen LogP contribution in [0, 0.1) is 11.8 Å². The van der Waals surface area contributed by atoms with E-state index in [4.69, 9.17) is 9.47 Å². The average molecular weight is 283 g/mol. The summed E-state index contributed by atoms with van der Waals surface area (Å²) in [5, 5.41) is 3.24. The molecule has 20 heavy (non-hydrogen) atoms. The van der Waals surface area contributed by atoms with Crippen LogP contribution >= 0.6 is 0 Å². The van der Waals surface area contributed by atoms with Gasteiger partial charge in [0.1, 0.15) is 11.8 Å². The quantitative estimate of drug-likeness (QED) is 0.595. The molecular formula is C14H21NO5. The number of carbonyl (C=O) groups is 3.